The van der Waals surface area contributed by atoms with Crippen molar-refractivity contribution in [1.29, 1.82) is 0 Å². The fourth-order valence-corrected chi connectivity index (χ4v) is 3.10. The highest BCUT2D eigenvalue weighted by atomic mass is 16.2. The predicted octanol–water partition coefficient (Wildman–Crippen LogP) is 2.43. The SMILES string of the molecule is CCN1CCN(c2ccc(C(=O)Nc3cccc(NC(C)=O)c3)nc2)CC1. The molecule has 7 nitrogen and oxygen atoms in total. The Morgan fingerprint density at radius 2 is 1.74 bits per heavy atom. The van der Waals surface area contributed by atoms with Crippen LogP contribution in [0.25, 0.3) is 0 Å². The summed E-state index contributed by atoms with van der Waals surface area (Å²) in [7, 11) is 0. The van der Waals surface area contributed by atoms with Gasteiger partial charge in [0, 0.05) is 44.5 Å². The smallest absolute Gasteiger partial charge is 0.274 e. The van der Waals surface area contributed by atoms with E-state index in [0.717, 1.165) is 38.4 Å². The van der Waals surface area contributed by atoms with Crippen LogP contribution < -0.4 is 15.5 Å². The third-order valence-corrected chi connectivity index (χ3v) is 4.61. The average Bonchev–Trinajstić information content (AvgIpc) is 2.68. The van der Waals surface area contributed by atoms with Gasteiger partial charge in [0.05, 0.1) is 11.9 Å². The Balaban J connectivity index is 1.62. The molecule has 1 aliphatic heterocycles. The van der Waals surface area contributed by atoms with Gasteiger partial charge in [-0.05, 0) is 36.9 Å². The van der Waals surface area contributed by atoms with Gasteiger partial charge in [0.25, 0.3) is 5.91 Å². The van der Waals surface area contributed by atoms with E-state index >= 15 is 0 Å². The number of anilines is 3. The van der Waals surface area contributed by atoms with E-state index in [1.807, 2.05) is 6.07 Å². The van der Waals surface area contributed by atoms with Crippen LogP contribution in [0.4, 0.5) is 17.1 Å². The number of amides is 2. The van der Waals surface area contributed by atoms with Crippen LogP contribution in [0.5, 0.6) is 0 Å². The predicted molar refractivity (Wildman–Crippen MR) is 107 cm³/mol. The Morgan fingerprint density at radius 3 is 2.33 bits per heavy atom. The summed E-state index contributed by atoms with van der Waals surface area (Å²) in [4.78, 5) is 32.6. The summed E-state index contributed by atoms with van der Waals surface area (Å²) in [6, 6.07) is 10.7. The number of carbonyl (C=O) groups excluding carboxylic acids is 2. The minimum absolute atomic E-state index is 0.157. The molecule has 2 amide bonds. The first-order valence-corrected chi connectivity index (χ1v) is 9.17. The monoisotopic (exact) mass is 367 g/mol. The van der Waals surface area contributed by atoms with Crippen molar-refractivity contribution in [3.05, 3.63) is 48.3 Å². The van der Waals surface area contributed by atoms with Gasteiger partial charge in [0.15, 0.2) is 0 Å². The van der Waals surface area contributed by atoms with Crippen LogP contribution in [0.3, 0.4) is 0 Å². The summed E-state index contributed by atoms with van der Waals surface area (Å²) in [6.45, 7) is 8.73. The van der Waals surface area contributed by atoms with Gasteiger partial charge < -0.3 is 20.4 Å². The van der Waals surface area contributed by atoms with Crippen molar-refractivity contribution >= 4 is 28.9 Å². The Kier molecular flexibility index (Phi) is 6.03. The number of piperazine rings is 1. The lowest BCUT2D eigenvalue weighted by atomic mass is 10.2. The molecule has 0 aliphatic carbocycles. The van der Waals surface area contributed by atoms with Gasteiger partial charge >= 0.3 is 0 Å². The minimum Gasteiger partial charge on any atom is -0.368 e. The molecule has 0 saturated carbocycles. The van der Waals surface area contributed by atoms with E-state index in [-0.39, 0.29) is 11.8 Å². The molecular weight excluding hydrogens is 342 g/mol. The summed E-state index contributed by atoms with van der Waals surface area (Å²) in [5.41, 5.74) is 2.63. The Bertz CT molecular complexity index is 798. The first-order valence-electron chi connectivity index (χ1n) is 9.17. The first kappa shape index (κ1) is 18.8. The highest BCUT2D eigenvalue weighted by Gasteiger charge is 2.16. The molecule has 2 heterocycles. The topological polar surface area (TPSA) is 77.6 Å². The number of aromatic nitrogens is 1. The summed E-state index contributed by atoms with van der Waals surface area (Å²) >= 11 is 0. The van der Waals surface area contributed by atoms with E-state index in [4.69, 9.17) is 0 Å². The molecule has 142 valence electrons. The zero-order valence-corrected chi connectivity index (χ0v) is 15.7. The maximum atomic E-state index is 12.4. The normalized spacial score (nSPS) is 14.7. The van der Waals surface area contributed by atoms with Crippen LogP contribution in [-0.2, 0) is 4.79 Å². The molecule has 7 heteroatoms. The number of benzene rings is 1. The Labute approximate surface area is 159 Å². The first-order chi connectivity index (χ1) is 13.0. The molecule has 2 aromatic rings. The van der Waals surface area contributed by atoms with E-state index in [9.17, 15) is 9.59 Å². The number of hydrogen-bond acceptors (Lipinski definition) is 5. The zero-order chi connectivity index (χ0) is 19.2. The van der Waals surface area contributed by atoms with Crippen molar-refractivity contribution < 1.29 is 9.59 Å². The molecule has 3 rings (SSSR count). The fourth-order valence-electron chi connectivity index (χ4n) is 3.10. The van der Waals surface area contributed by atoms with Crippen molar-refractivity contribution in [2.45, 2.75) is 13.8 Å². The van der Waals surface area contributed by atoms with Crippen LogP contribution in [-0.4, -0.2) is 54.4 Å². The van der Waals surface area contributed by atoms with Crippen LogP contribution in [0.1, 0.15) is 24.3 Å². The van der Waals surface area contributed by atoms with Crippen molar-refractivity contribution in [3.63, 3.8) is 0 Å². The van der Waals surface area contributed by atoms with Crippen molar-refractivity contribution in [2.24, 2.45) is 0 Å². The second kappa shape index (κ2) is 8.64. The van der Waals surface area contributed by atoms with Crippen LogP contribution in [0.2, 0.25) is 0 Å². The van der Waals surface area contributed by atoms with Crippen molar-refractivity contribution in [3.8, 4) is 0 Å². The second-order valence-electron chi connectivity index (χ2n) is 6.54. The molecule has 1 aromatic carbocycles. The molecule has 0 unspecified atom stereocenters. The molecule has 0 bridgehead atoms. The third-order valence-electron chi connectivity index (χ3n) is 4.61. The molecule has 1 saturated heterocycles. The summed E-state index contributed by atoms with van der Waals surface area (Å²) in [6.07, 6.45) is 1.75. The summed E-state index contributed by atoms with van der Waals surface area (Å²) in [5.74, 6) is -0.437. The van der Waals surface area contributed by atoms with E-state index in [1.54, 1.807) is 36.5 Å². The lowest BCUT2D eigenvalue weighted by Gasteiger charge is -2.35. The van der Waals surface area contributed by atoms with Crippen LogP contribution >= 0.6 is 0 Å². The standard InChI is InChI=1S/C20H25N5O2/c1-3-24-9-11-25(12-10-24)18-7-8-19(21-14-18)20(27)23-17-6-4-5-16(13-17)22-15(2)26/h4-8,13-14H,3,9-12H2,1-2H3,(H,22,26)(H,23,27). The van der Waals surface area contributed by atoms with Crippen molar-refractivity contribution in [1.82, 2.24) is 9.88 Å². The largest absolute Gasteiger partial charge is 0.368 e. The van der Waals surface area contributed by atoms with E-state index in [0.29, 0.717) is 17.1 Å². The number of pyridine rings is 1. The third kappa shape index (κ3) is 5.04. The van der Waals surface area contributed by atoms with Crippen LogP contribution in [0.15, 0.2) is 42.6 Å². The minimum atomic E-state index is -0.280. The molecule has 0 spiro atoms. The van der Waals surface area contributed by atoms with Gasteiger partial charge in [-0.1, -0.05) is 13.0 Å². The molecule has 0 radical (unpaired) electrons. The van der Waals surface area contributed by atoms with Gasteiger partial charge in [-0.25, -0.2) is 4.98 Å². The summed E-state index contributed by atoms with van der Waals surface area (Å²) < 4.78 is 0. The number of likely N-dealkylation sites (N-methyl/N-ethyl adjacent to an activating group) is 1. The molecule has 1 fully saturated rings. The molecular formula is C20H25N5O2. The number of rotatable bonds is 5. The van der Waals surface area contributed by atoms with Crippen LogP contribution in [0, 0.1) is 0 Å². The molecule has 2 N–H and O–H groups in total. The number of nitrogens with one attached hydrogen (secondary N) is 2. The maximum Gasteiger partial charge on any atom is 0.274 e. The Morgan fingerprint density at radius 1 is 1.04 bits per heavy atom. The van der Waals surface area contributed by atoms with Gasteiger partial charge in [-0.2, -0.15) is 0 Å². The fraction of sp³-hybridized carbons (Fsp3) is 0.350. The molecule has 27 heavy (non-hydrogen) atoms. The van der Waals surface area contributed by atoms with Crippen molar-refractivity contribution in [2.75, 3.05) is 48.3 Å². The number of carbonyl (C=O) groups is 2. The number of hydrogen-bond donors (Lipinski definition) is 2. The second-order valence-corrected chi connectivity index (χ2v) is 6.54. The molecule has 1 aliphatic rings. The quantitative estimate of drug-likeness (QED) is 0.849. The van der Waals surface area contributed by atoms with Gasteiger partial charge in [0.1, 0.15) is 5.69 Å². The molecule has 1 aromatic heterocycles. The Hall–Kier alpha value is -2.93. The zero-order valence-electron chi connectivity index (χ0n) is 15.7. The van der Waals surface area contributed by atoms with Gasteiger partial charge in [-0.3, -0.25) is 9.59 Å². The number of nitrogens with zero attached hydrogens (tertiary/aromatic N) is 3. The van der Waals surface area contributed by atoms with E-state index < -0.39 is 0 Å². The maximum absolute atomic E-state index is 12.4. The van der Waals surface area contributed by atoms with E-state index in [2.05, 4.69) is 32.3 Å². The average molecular weight is 367 g/mol. The lowest BCUT2D eigenvalue weighted by Crippen LogP contribution is -2.46. The highest BCUT2D eigenvalue weighted by Crippen LogP contribution is 2.18. The van der Waals surface area contributed by atoms with Gasteiger partial charge in [0.2, 0.25) is 5.91 Å². The molecule has 0 atom stereocenters. The van der Waals surface area contributed by atoms with Gasteiger partial charge in [-0.15, -0.1) is 0 Å². The lowest BCUT2D eigenvalue weighted by molar-refractivity contribution is -0.114. The summed E-state index contributed by atoms with van der Waals surface area (Å²) in [5, 5.41) is 5.51. The van der Waals surface area contributed by atoms with E-state index in [1.165, 1.54) is 6.92 Å². The highest BCUT2D eigenvalue weighted by molar-refractivity contribution is 6.03.